The van der Waals surface area contributed by atoms with Crippen LogP contribution < -0.4 is 0 Å². The van der Waals surface area contributed by atoms with Crippen molar-refractivity contribution in [3.63, 3.8) is 0 Å². The Morgan fingerprint density at radius 3 is 1.50 bits per heavy atom. The molecule has 1 heterocycles. The van der Waals surface area contributed by atoms with E-state index in [1.165, 1.54) is 4.90 Å². The standard InChI is InChI=1S/C22H37NO3/c1-20(2,3)15(24)13-11-10-12-14-23-18(25)16(21(4,5)6)17(19(23)26)22(7,8)9/h10-14H2,1-9H3. The van der Waals surface area contributed by atoms with Crippen LogP contribution in [-0.2, 0) is 14.4 Å². The van der Waals surface area contributed by atoms with E-state index in [1.54, 1.807) is 0 Å². The van der Waals surface area contributed by atoms with E-state index in [9.17, 15) is 14.4 Å². The normalized spacial score (nSPS) is 16.7. The number of imide groups is 1. The molecule has 0 unspecified atom stereocenters. The lowest BCUT2D eigenvalue weighted by atomic mass is 9.76. The van der Waals surface area contributed by atoms with Crippen molar-refractivity contribution in [2.24, 2.45) is 16.2 Å². The molecule has 0 aliphatic carbocycles. The molecule has 1 rings (SSSR count). The highest BCUT2D eigenvalue weighted by Crippen LogP contribution is 2.42. The fraction of sp³-hybridized carbons (Fsp3) is 0.773. The second-order valence-electron chi connectivity index (χ2n) is 10.5. The summed E-state index contributed by atoms with van der Waals surface area (Å²) < 4.78 is 0. The molecule has 0 radical (unpaired) electrons. The van der Waals surface area contributed by atoms with Gasteiger partial charge < -0.3 is 0 Å². The third-order valence-electron chi connectivity index (χ3n) is 4.79. The van der Waals surface area contributed by atoms with Crippen LogP contribution in [0.4, 0.5) is 0 Å². The number of rotatable bonds is 6. The van der Waals surface area contributed by atoms with Gasteiger partial charge in [-0.2, -0.15) is 0 Å². The van der Waals surface area contributed by atoms with E-state index in [4.69, 9.17) is 0 Å². The van der Waals surface area contributed by atoms with E-state index in [1.807, 2.05) is 62.3 Å². The van der Waals surface area contributed by atoms with Gasteiger partial charge in [-0.3, -0.25) is 19.3 Å². The van der Waals surface area contributed by atoms with Crippen LogP contribution in [-0.4, -0.2) is 29.0 Å². The zero-order chi connectivity index (χ0) is 20.5. The second kappa shape index (κ2) is 7.66. The van der Waals surface area contributed by atoms with Crippen molar-refractivity contribution in [1.82, 2.24) is 4.90 Å². The summed E-state index contributed by atoms with van der Waals surface area (Å²) in [7, 11) is 0. The molecular weight excluding hydrogens is 326 g/mol. The van der Waals surface area contributed by atoms with Crippen LogP contribution >= 0.6 is 0 Å². The monoisotopic (exact) mass is 363 g/mol. The van der Waals surface area contributed by atoms with Gasteiger partial charge in [0.05, 0.1) is 0 Å². The maximum atomic E-state index is 12.9. The molecule has 1 aliphatic heterocycles. The largest absolute Gasteiger partial charge is 0.299 e. The second-order valence-corrected chi connectivity index (χ2v) is 10.5. The van der Waals surface area contributed by atoms with Crippen LogP contribution in [0, 0.1) is 16.2 Å². The third-order valence-corrected chi connectivity index (χ3v) is 4.79. The van der Waals surface area contributed by atoms with E-state index in [0.717, 1.165) is 19.3 Å². The number of hydrogen-bond acceptors (Lipinski definition) is 3. The Morgan fingerprint density at radius 2 is 1.15 bits per heavy atom. The predicted molar refractivity (Wildman–Crippen MR) is 106 cm³/mol. The Balaban J connectivity index is 2.73. The highest BCUT2D eigenvalue weighted by atomic mass is 16.2. The van der Waals surface area contributed by atoms with Crippen LogP contribution in [0.3, 0.4) is 0 Å². The van der Waals surface area contributed by atoms with Crippen molar-refractivity contribution in [2.45, 2.75) is 88.0 Å². The molecule has 2 amide bonds. The number of unbranched alkanes of at least 4 members (excludes halogenated alkanes) is 2. The Labute approximate surface area is 159 Å². The number of Topliss-reactive ketones (excluding diaryl/α,β-unsaturated/α-hetero) is 1. The van der Waals surface area contributed by atoms with Gasteiger partial charge in [-0.25, -0.2) is 0 Å². The maximum absolute atomic E-state index is 12.9. The lowest BCUT2D eigenvalue weighted by Crippen LogP contribution is -2.35. The molecule has 0 spiro atoms. The first-order valence-corrected chi connectivity index (χ1v) is 9.73. The summed E-state index contributed by atoms with van der Waals surface area (Å²) >= 11 is 0. The summed E-state index contributed by atoms with van der Waals surface area (Å²) in [5.41, 5.74) is 0.288. The van der Waals surface area contributed by atoms with Crippen molar-refractivity contribution >= 4 is 17.6 Å². The molecule has 0 bridgehead atoms. The number of carbonyl (C=O) groups excluding carboxylic acids is 3. The van der Waals surface area contributed by atoms with Crippen LogP contribution in [0.2, 0.25) is 0 Å². The SMILES string of the molecule is CC(C)(C)C(=O)CCCCCN1C(=O)C(C(C)(C)C)=C(C(C)(C)C)C1=O. The average Bonchev–Trinajstić information content (AvgIpc) is 2.69. The van der Waals surface area contributed by atoms with Crippen molar-refractivity contribution < 1.29 is 14.4 Å². The van der Waals surface area contributed by atoms with Crippen LogP contribution in [0.15, 0.2) is 11.1 Å². The molecule has 0 aromatic carbocycles. The topological polar surface area (TPSA) is 54.5 Å². The van der Waals surface area contributed by atoms with Crippen molar-refractivity contribution in [3.05, 3.63) is 11.1 Å². The fourth-order valence-electron chi connectivity index (χ4n) is 3.28. The average molecular weight is 364 g/mol. The Kier molecular flexibility index (Phi) is 6.65. The molecular formula is C22H37NO3. The summed E-state index contributed by atoms with van der Waals surface area (Å²) in [4.78, 5) is 39.2. The molecule has 148 valence electrons. The molecule has 4 heteroatoms. The zero-order valence-electron chi connectivity index (χ0n) is 18.2. The minimum Gasteiger partial charge on any atom is -0.299 e. The Morgan fingerprint density at radius 1 is 0.731 bits per heavy atom. The first-order valence-electron chi connectivity index (χ1n) is 9.73. The number of amides is 2. The fourth-order valence-corrected chi connectivity index (χ4v) is 3.28. The molecule has 26 heavy (non-hydrogen) atoms. The van der Waals surface area contributed by atoms with Crippen molar-refractivity contribution in [3.8, 4) is 0 Å². The minimum absolute atomic E-state index is 0.141. The summed E-state index contributed by atoms with van der Waals surface area (Å²) in [5, 5.41) is 0. The minimum atomic E-state index is -0.358. The number of carbonyl (C=O) groups is 3. The maximum Gasteiger partial charge on any atom is 0.257 e. The first-order chi connectivity index (χ1) is 11.6. The quantitative estimate of drug-likeness (QED) is 0.497. The van der Waals surface area contributed by atoms with Gasteiger partial charge >= 0.3 is 0 Å². The molecule has 0 aromatic rings. The lowest BCUT2D eigenvalue weighted by molar-refractivity contribution is -0.138. The van der Waals surface area contributed by atoms with Gasteiger partial charge in [-0.1, -0.05) is 68.7 Å². The molecule has 1 aliphatic rings. The van der Waals surface area contributed by atoms with Gasteiger partial charge in [0.15, 0.2) is 0 Å². The molecule has 0 saturated heterocycles. The van der Waals surface area contributed by atoms with Gasteiger partial charge in [0, 0.05) is 29.5 Å². The summed E-state index contributed by atoms with van der Waals surface area (Å²) in [5.74, 6) is -0.0195. The molecule has 0 fully saturated rings. The summed E-state index contributed by atoms with van der Waals surface area (Å²) in [6, 6.07) is 0. The number of hydrogen-bond donors (Lipinski definition) is 0. The van der Waals surface area contributed by atoms with Crippen LogP contribution in [0.25, 0.3) is 0 Å². The van der Waals surface area contributed by atoms with Gasteiger partial charge in [0.2, 0.25) is 0 Å². The third kappa shape index (κ3) is 5.28. The molecule has 0 saturated carbocycles. The number of ketones is 1. The first kappa shape index (κ1) is 22.6. The van der Waals surface area contributed by atoms with Crippen LogP contribution in [0.5, 0.6) is 0 Å². The van der Waals surface area contributed by atoms with Gasteiger partial charge in [-0.15, -0.1) is 0 Å². The van der Waals surface area contributed by atoms with E-state index in [2.05, 4.69) is 0 Å². The van der Waals surface area contributed by atoms with E-state index < -0.39 is 0 Å². The summed E-state index contributed by atoms with van der Waals surface area (Å²) in [6.07, 6.45) is 2.94. The Bertz CT molecular complexity index is 571. The van der Waals surface area contributed by atoms with Gasteiger partial charge in [0.1, 0.15) is 5.78 Å². The van der Waals surface area contributed by atoms with Crippen molar-refractivity contribution in [1.29, 1.82) is 0 Å². The number of nitrogens with zero attached hydrogens (tertiary/aromatic N) is 1. The lowest BCUT2D eigenvalue weighted by Gasteiger charge is -2.25. The van der Waals surface area contributed by atoms with E-state index in [0.29, 0.717) is 24.1 Å². The van der Waals surface area contributed by atoms with Gasteiger partial charge in [-0.05, 0) is 23.7 Å². The predicted octanol–water partition coefficient (Wildman–Crippen LogP) is 4.92. The zero-order valence-corrected chi connectivity index (χ0v) is 18.2. The molecule has 0 aromatic heterocycles. The highest BCUT2D eigenvalue weighted by molar-refractivity contribution is 6.20. The molecule has 4 nitrogen and oxygen atoms in total. The highest BCUT2D eigenvalue weighted by Gasteiger charge is 2.46. The van der Waals surface area contributed by atoms with E-state index >= 15 is 0 Å². The van der Waals surface area contributed by atoms with Crippen molar-refractivity contribution in [2.75, 3.05) is 6.54 Å². The smallest absolute Gasteiger partial charge is 0.257 e. The molecule has 0 atom stereocenters. The molecule has 0 N–H and O–H groups in total. The van der Waals surface area contributed by atoms with Gasteiger partial charge in [0.25, 0.3) is 11.8 Å². The summed E-state index contributed by atoms with van der Waals surface area (Å²) in [6.45, 7) is 18.2. The Hall–Kier alpha value is -1.45. The van der Waals surface area contributed by atoms with E-state index in [-0.39, 0.29) is 33.8 Å². The van der Waals surface area contributed by atoms with Crippen LogP contribution in [0.1, 0.15) is 88.0 Å².